The zero-order valence-electron chi connectivity index (χ0n) is 30.6. The van der Waals surface area contributed by atoms with E-state index in [1.807, 2.05) is 0 Å². The van der Waals surface area contributed by atoms with E-state index in [4.69, 9.17) is 10.8 Å². The molecule has 0 amide bonds. The third kappa shape index (κ3) is 33.6. The summed E-state index contributed by atoms with van der Waals surface area (Å²) in [5.41, 5.74) is 14.7. The Morgan fingerprint density at radius 1 is 0.350 bits per heavy atom. The van der Waals surface area contributed by atoms with Gasteiger partial charge in [0.2, 0.25) is 0 Å². The number of nitrogens with zero attached hydrogens (tertiary/aromatic N) is 2. The summed E-state index contributed by atoms with van der Waals surface area (Å²) in [7, 11) is 0.481. The van der Waals surface area contributed by atoms with Crippen LogP contribution in [0.3, 0.4) is 0 Å². The van der Waals surface area contributed by atoms with Crippen LogP contribution in [0, 0.1) is 80.0 Å². The molecule has 2 nitrogen and oxygen atoms in total. The van der Waals surface area contributed by atoms with E-state index < -0.39 is 0 Å². The molecule has 0 saturated heterocycles. The van der Waals surface area contributed by atoms with Crippen molar-refractivity contribution in [2.75, 3.05) is 80.0 Å². The molecule has 2 rings (SSSR count). The van der Waals surface area contributed by atoms with Gasteiger partial charge in [-0.25, -0.2) is 0 Å². The SMILES string of the molecule is C[PH+](C)C.C[PH+](C)C.C[PH+](C)C.C[PH+](C)C.Cc1c(C)c(C)[c-](C)c1C.Cc1c(C)c(C)[c-](C)c1C.N#N.[Os+6].[Os+6]. The smallest absolute Gasteiger partial charge is 0.196 e. The fourth-order valence-corrected chi connectivity index (χ4v) is 2.81. The third-order valence-electron chi connectivity index (χ3n) is 5.62. The van der Waals surface area contributed by atoms with Crippen LogP contribution in [0.1, 0.15) is 55.6 Å². The fraction of sp³-hybridized carbons (Fsp3) is 0.688. The van der Waals surface area contributed by atoms with Crippen molar-refractivity contribution in [3.63, 3.8) is 0 Å². The summed E-state index contributed by atoms with van der Waals surface area (Å²) in [6.45, 7) is 49.2. The summed E-state index contributed by atoms with van der Waals surface area (Å²) in [6.07, 6.45) is 0. The molecule has 0 bridgehead atoms. The Balaban J connectivity index is -0.0000000677. The number of rotatable bonds is 0. The van der Waals surface area contributed by atoms with Crippen molar-refractivity contribution in [2.24, 2.45) is 0 Å². The van der Waals surface area contributed by atoms with Crippen molar-refractivity contribution >= 4 is 31.7 Å². The van der Waals surface area contributed by atoms with E-state index in [2.05, 4.69) is 149 Å². The molecular weight excluding hydrogens is 917 g/mol. The van der Waals surface area contributed by atoms with E-state index in [0.29, 0.717) is 0 Å². The largest absolute Gasteiger partial charge is 6.00 e. The van der Waals surface area contributed by atoms with Crippen LogP contribution in [0.2, 0.25) is 0 Å². The van der Waals surface area contributed by atoms with Crippen LogP contribution in [-0.2, 0) is 39.6 Å². The minimum atomic E-state index is 0. The Kier molecular flexibility index (Phi) is 46.9. The van der Waals surface area contributed by atoms with E-state index in [1.165, 1.54) is 55.6 Å². The van der Waals surface area contributed by atoms with Gasteiger partial charge in [-0.15, -0.1) is 0 Å². The van der Waals surface area contributed by atoms with Crippen LogP contribution in [0.15, 0.2) is 0 Å². The predicted octanol–water partition coefficient (Wildman–Crippen LogP) is 10.3. The Morgan fingerprint density at radius 3 is 0.450 bits per heavy atom. The predicted molar refractivity (Wildman–Crippen MR) is 199 cm³/mol. The fourth-order valence-electron chi connectivity index (χ4n) is 2.81. The standard InChI is InChI=1S/2C10H15.4C3H9P.N2.2Os/c2*1-6-7(2)9(4)10(5)8(6)3;4*1-4(2)3;1-2;;/h2*1-5H3;4*1-3H3;;;/q2*-1;;;;;;2*+6/p+4. The van der Waals surface area contributed by atoms with E-state index in [1.54, 1.807) is 0 Å². The molecule has 2 aromatic carbocycles. The molecule has 2 aromatic rings. The van der Waals surface area contributed by atoms with Crippen molar-refractivity contribution in [3.8, 4) is 0 Å². The molecule has 40 heavy (non-hydrogen) atoms. The topological polar surface area (TPSA) is 47.6 Å². The molecule has 0 aromatic heterocycles. The van der Waals surface area contributed by atoms with Gasteiger partial charge in [0, 0.05) is 90.8 Å². The maximum Gasteiger partial charge on any atom is 6.00 e. The van der Waals surface area contributed by atoms with E-state index in [9.17, 15) is 0 Å². The minimum absolute atomic E-state index is 0. The van der Waals surface area contributed by atoms with Gasteiger partial charge in [-0.3, -0.25) is 0 Å². The Hall–Kier alpha value is 1.11. The first-order chi connectivity index (χ1) is 17.0. The zero-order chi connectivity index (χ0) is 32.1. The van der Waals surface area contributed by atoms with Gasteiger partial charge < -0.3 is 0 Å². The van der Waals surface area contributed by atoms with Gasteiger partial charge in [0.05, 0.1) is 0 Å². The summed E-state index contributed by atoms with van der Waals surface area (Å²) < 4.78 is 0. The Bertz CT molecular complexity index is 615. The molecule has 0 atom stereocenters. The van der Waals surface area contributed by atoms with Gasteiger partial charge in [-0.05, 0) is 31.7 Å². The third-order valence-corrected chi connectivity index (χ3v) is 5.62. The van der Waals surface area contributed by atoms with Crippen LogP contribution in [0.5, 0.6) is 0 Å². The maximum atomic E-state index is 6.00. The molecule has 0 N–H and O–H groups in total. The second-order valence-corrected chi connectivity index (χ2v) is 24.2. The van der Waals surface area contributed by atoms with Crippen LogP contribution < -0.4 is 0 Å². The van der Waals surface area contributed by atoms with Crippen LogP contribution in [-0.4, -0.2) is 80.0 Å². The average molecular weight is 987 g/mol. The van der Waals surface area contributed by atoms with Gasteiger partial charge >= 0.3 is 39.6 Å². The number of hydrogen-bond donors (Lipinski definition) is 0. The van der Waals surface area contributed by atoms with E-state index in [0.717, 1.165) is 0 Å². The Labute approximate surface area is 285 Å². The molecule has 0 aliphatic heterocycles. The van der Waals surface area contributed by atoms with Gasteiger partial charge in [-0.2, -0.15) is 55.6 Å². The first-order valence-corrected chi connectivity index (χ1v) is 25.7. The molecule has 0 fully saturated rings. The molecule has 0 heterocycles. The van der Waals surface area contributed by atoms with Gasteiger partial charge in [0.1, 0.15) is 0 Å². The van der Waals surface area contributed by atoms with E-state index in [-0.39, 0.29) is 71.3 Å². The normalized spacial score (nSPS) is 8.90. The van der Waals surface area contributed by atoms with Crippen molar-refractivity contribution in [1.29, 1.82) is 10.8 Å². The quantitative estimate of drug-likeness (QED) is 0.150. The van der Waals surface area contributed by atoms with Gasteiger partial charge in [0.25, 0.3) is 0 Å². The first-order valence-electron chi connectivity index (χ1n) is 13.7. The van der Waals surface area contributed by atoms with E-state index >= 15 is 0 Å². The molecule has 0 aliphatic carbocycles. The van der Waals surface area contributed by atoms with Crippen LogP contribution >= 0.6 is 31.7 Å². The summed E-state index contributed by atoms with van der Waals surface area (Å²) in [5, 5.41) is 12.0. The minimum Gasteiger partial charge on any atom is -0.196 e. The summed E-state index contributed by atoms with van der Waals surface area (Å²) in [5.74, 6) is 0. The second-order valence-electron chi connectivity index (χ2n) is 12.2. The maximum absolute atomic E-state index is 6.00. The molecule has 0 saturated carbocycles. The second kappa shape index (κ2) is 33.0. The van der Waals surface area contributed by atoms with Crippen molar-refractivity contribution in [2.45, 2.75) is 69.2 Å². The first kappa shape index (κ1) is 56.8. The van der Waals surface area contributed by atoms with Crippen molar-refractivity contribution < 1.29 is 39.6 Å². The molecule has 0 unspecified atom stereocenters. The van der Waals surface area contributed by atoms with Crippen LogP contribution in [0.25, 0.3) is 0 Å². The van der Waals surface area contributed by atoms with Gasteiger partial charge in [0.15, 0.2) is 0 Å². The zero-order valence-corrected chi connectivity index (χ0v) is 39.7. The monoisotopic (exact) mass is 990 g/mol. The summed E-state index contributed by atoms with van der Waals surface area (Å²) >= 11 is 0. The van der Waals surface area contributed by atoms with Crippen molar-refractivity contribution in [3.05, 3.63) is 55.6 Å². The van der Waals surface area contributed by atoms with Crippen molar-refractivity contribution in [1.82, 2.24) is 0 Å². The molecular formula is C32H70N2Os2P4+14. The molecule has 0 spiro atoms. The number of hydrogen-bond acceptors (Lipinski definition) is 2. The average Bonchev–Trinajstić information content (AvgIpc) is 3.04. The summed E-state index contributed by atoms with van der Waals surface area (Å²) in [4.78, 5) is 0. The Morgan fingerprint density at radius 2 is 0.425 bits per heavy atom. The molecule has 8 heteroatoms. The summed E-state index contributed by atoms with van der Waals surface area (Å²) in [6, 6.07) is 0. The molecule has 230 valence electrons. The van der Waals surface area contributed by atoms with Crippen LogP contribution in [0.4, 0.5) is 0 Å². The molecule has 0 radical (unpaired) electrons. The molecule has 0 aliphatic rings. The van der Waals surface area contributed by atoms with Gasteiger partial charge in [-0.1, -0.05) is 69.2 Å².